The highest BCUT2D eigenvalue weighted by atomic mass is 32.1. The van der Waals surface area contributed by atoms with Gasteiger partial charge in [0.1, 0.15) is 5.00 Å². The second kappa shape index (κ2) is 6.78. The third-order valence-electron chi connectivity index (χ3n) is 3.91. The number of non-ortho nitro benzene ring substituents is 1. The van der Waals surface area contributed by atoms with Crippen LogP contribution in [0.3, 0.4) is 0 Å². The number of rotatable bonds is 4. The maximum absolute atomic E-state index is 10.9. The maximum atomic E-state index is 10.9. The summed E-state index contributed by atoms with van der Waals surface area (Å²) in [7, 11) is 3.94. The minimum atomic E-state index is -0.391. The number of nitro groups is 1. The van der Waals surface area contributed by atoms with Crippen molar-refractivity contribution >= 4 is 34.2 Å². The minimum absolute atomic E-state index is 0.0754. The first-order valence-electron chi connectivity index (χ1n) is 7.64. The molecule has 0 saturated heterocycles. The number of para-hydroxylation sites is 1. The lowest BCUT2D eigenvalue weighted by Gasteiger charge is -2.16. The quantitative estimate of drug-likeness (QED) is 0.358. The Bertz CT molecular complexity index is 988. The highest BCUT2D eigenvalue weighted by Crippen LogP contribution is 2.39. The molecular formula is C18H17N3O2S2. The molecule has 0 radical (unpaired) electrons. The number of nitro benzene ring substituents is 1. The molecule has 0 fully saturated rings. The van der Waals surface area contributed by atoms with E-state index in [9.17, 15) is 10.1 Å². The fourth-order valence-corrected chi connectivity index (χ4v) is 4.05. The Kier molecular flexibility index (Phi) is 4.69. The van der Waals surface area contributed by atoms with Crippen LogP contribution in [-0.2, 0) is 0 Å². The lowest BCUT2D eigenvalue weighted by molar-refractivity contribution is -0.384. The van der Waals surface area contributed by atoms with Gasteiger partial charge in [0.2, 0.25) is 0 Å². The van der Waals surface area contributed by atoms with E-state index >= 15 is 0 Å². The monoisotopic (exact) mass is 371 g/mol. The van der Waals surface area contributed by atoms with Gasteiger partial charge in [-0.05, 0) is 42.9 Å². The van der Waals surface area contributed by atoms with Gasteiger partial charge < -0.3 is 4.90 Å². The fraction of sp³-hybridized carbons (Fsp3) is 0.167. The lowest BCUT2D eigenvalue weighted by Crippen LogP contribution is -2.09. The Morgan fingerprint density at radius 1 is 1.12 bits per heavy atom. The zero-order chi connectivity index (χ0) is 18.1. The molecule has 25 heavy (non-hydrogen) atoms. The van der Waals surface area contributed by atoms with Crippen molar-refractivity contribution in [3.8, 4) is 16.9 Å². The molecule has 3 rings (SSSR count). The second-order valence-corrected chi connectivity index (χ2v) is 7.46. The van der Waals surface area contributed by atoms with E-state index in [2.05, 4.69) is 0 Å². The summed E-state index contributed by atoms with van der Waals surface area (Å²) in [6.45, 7) is 2.05. The lowest BCUT2D eigenvalue weighted by atomic mass is 10.1. The Morgan fingerprint density at radius 3 is 2.32 bits per heavy atom. The molecule has 1 aromatic heterocycles. The number of hydrogen-bond donors (Lipinski definition) is 0. The van der Waals surface area contributed by atoms with Crippen molar-refractivity contribution in [2.45, 2.75) is 6.92 Å². The first-order chi connectivity index (χ1) is 11.9. The molecule has 0 aliphatic carbocycles. The number of thiazole rings is 1. The topological polar surface area (TPSA) is 51.3 Å². The Labute approximate surface area is 154 Å². The van der Waals surface area contributed by atoms with E-state index in [0.717, 1.165) is 31.5 Å². The van der Waals surface area contributed by atoms with Crippen LogP contribution in [0, 0.1) is 21.0 Å². The zero-order valence-electron chi connectivity index (χ0n) is 14.1. The summed E-state index contributed by atoms with van der Waals surface area (Å²) in [5, 5.41) is 12.0. The van der Waals surface area contributed by atoms with Crippen molar-refractivity contribution in [3.63, 3.8) is 0 Å². The first kappa shape index (κ1) is 17.3. The van der Waals surface area contributed by atoms with Crippen molar-refractivity contribution in [3.05, 3.63) is 68.2 Å². The van der Waals surface area contributed by atoms with Gasteiger partial charge in [-0.25, -0.2) is 0 Å². The third kappa shape index (κ3) is 3.20. The number of anilines is 1. The molecule has 1 heterocycles. The highest BCUT2D eigenvalue weighted by Gasteiger charge is 2.19. The molecule has 0 aliphatic heterocycles. The van der Waals surface area contributed by atoms with E-state index in [-0.39, 0.29) is 5.69 Å². The van der Waals surface area contributed by atoms with Crippen LogP contribution in [0.2, 0.25) is 0 Å². The van der Waals surface area contributed by atoms with Crippen LogP contribution in [0.5, 0.6) is 0 Å². The molecular weight excluding hydrogens is 354 g/mol. The average molecular weight is 371 g/mol. The van der Waals surface area contributed by atoms with Crippen LogP contribution in [0.1, 0.15) is 5.56 Å². The normalized spacial score (nSPS) is 10.7. The molecule has 0 aliphatic rings. The number of benzene rings is 2. The second-order valence-electron chi connectivity index (χ2n) is 5.84. The molecule has 128 valence electrons. The van der Waals surface area contributed by atoms with Gasteiger partial charge >= 0.3 is 0 Å². The van der Waals surface area contributed by atoms with Crippen LogP contribution >= 0.6 is 23.6 Å². The van der Waals surface area contributed by atoms with Crippen LogP contribution in [0.4, 0.5) is 10.7 Å². The Hall–Kier alpha value is -2.51. The van der Waals surface area contributed by atoms with Crippen LogP contribution < -0.4 is 4.90 Å². The van der Waals surface area contributed by atoms with E-state index < -0.39 is 4.92 Å². The molecule has 3 aromatic rings. The Morgan fingerprint density at radius 2 is 1.76 bits per heavy atom. The van der Waals surface area contributed by atoms with E-state index in [1.165, 1.54) is 23.5 Å². The van der Waals surface area contributed by atoms with Crippen molar-refractivity contribution in [2.75, 3.05) is 19.0 Å². The van der Waals surface area contributed by atoms with E-state index in [0.29, 0.717) is 0 Å². The maximum Gasteiger partial charge on any atom is 0.269 e. The zero-order valence-corrected chi connectivity index (χ0v) is 15.7. The van der Waals surface area contributed by atoms with Crippen molar-refractivity contribution in [2.24, 2.45) is 0 Å². The van der Waals surface area contributed by atoms with Gasteiger partial charge in [0.25, 0.3) is 5.69 Å². The molecule has 7 heteroatoms. The molecule has 0 saturated carbocycles. The third-order valence-corrected chi connectivity index (χ3v) is 5.45. The molecule has 0 bridgehead atoms. The number of aryl methyl sites for hydroxylation is 1. The predicted octanol–water partition coefficient (Wildman–Crippen LogP) is 5.22. The van der Waals surface area contributed by atoms with Gasteiger partial charge in [0.15, 0.2) is 3.95 Å². The summed E-state index contributed by atoms with van der Waals surface area (Å²) in [6.07, 6.45) is 0. The average Bonchev–Trinajstić information content (AvgIpc) is 2.93. The van der Waals surface area contributed by atoms with Crippen LogP contribution in [0.15, 0.2) is 48.5 Å². The standard InChI is InChI=1S/C18H17N3O2S2/c1-12-6-4-5-7-15(12)20-16(17(19(2)3)25-18(20)24)13-8-10-14(11-9-13)21(22)23/h4-11H,1-3H3. The minimum Gasteiger partial charge on any atom is -0.368 e. The van der Waals surface area contributed by atoms with Crippen LogP contribution in [0.25, 0.3) is 16.9 Å². The summed E-state index contributed by atoms with van der Waals surface area (Å²) in [6, 6.07) is 14.7. The number of aromatic nitrogens is 1. The molecule has 0 N–H and O–H groups in total. The van der Waals surface area contributed by atoms with Gasteiger partial charge in [-0.2, -0.15) is 0 Å². The van der Waals surface area contributed by atoms with Crippen molar-refractivity contribution < 1.29 is 4.92 Å². The predicted molar refractivity (Wildman–Crippen MR) is 106 cm³/mol. The summed E-state index contributed by atoms with van der Waals surface area (Å²) < 4.78 is 2.79. The van der Waals surface area contributed by atoms with Gasteiger partial charge in [0.05, 0.1) is 16.3 Å². The molecule has 0 spiro atoms. The largest absolute Gasteiger partial charge is 0.368 e. The number of hydrogen-bond acceptors (Lipinski definition) is 5. The van der Waals surface area contributed by atoms with E-state index in [1.807, 2.05) is 54.8 Å². The van der Waals surface area contributed by atoms with Gasteiger partial charge in [0, 0.05) is 31.8 Å². The van der Waals surface area contributed by atoms with Crippen molar-refractivity contribution in [1.82, 2.24) is 4.57 Å². The molecule has 0 unspecified atom stereocenters. The van der Waals surface area contributed by atoms with Gasteiger partial charge in [-0.1, -0.05) is 29.5 Å². The van der Waals surface area contributed by atoms with Gasteiger partial charge in [-0.15, -0.1) is 0 Å². The smallest absolute Gasteiger partial charge is 0.269 e. The molecule has 2 aromatic carbocycles. The van der Waals surface area contributed by atoms with E-state index in [1.54, 1.807) is 12.1 Å². The molecule has 0 amide bonds. The van der Waals surface area contributed by atoms with Crippen LogP contribution in [-0.4, -0.2) is 23.6 Å². The SMILES string of the molecule is Cc1ccccc1-n1c(-c2ccc([N+](=O)[O-])cc2)c(N(C)C)sc1=S. The molecule has 0 atom stereocenters. The fourth-order valence-electron chi connectivity index (χ4n) is 2.69. The van der Waals surface area contributed by atoms with E-state index in [4.69, 9.17) is 12.2 Å². The van der Waals surface area contributed by atoms with Crippen molar-refractivity contribution in [1.29, 1.82) is 0 Å². The Balaban J connectivity index is 2.29. The summed E-state index contributed by atoms with van der Waals surface area (Å²) >= 11 is 7.16. The molecule has 5 nitrogen and oxygen atoms in total. The number of nitrogens with zero attached hydrogens (tertiary/aromatic N) is 3. The van der Waals surface area contributed by atoms with Gasteiger partial charge in [-0.3, -0.25) is 14.7 Å². The summed E-state index contributed by atoms with van der Waals surface area (Å²) in [5.74, 6) is 0. The highest BCUT2D eigenvalue weighted by molar-refractivity contribution is 7.73. The summed E-state index contributed by atoms with van der Waals surface area (Å²) in [5.41, 5.74) is 4.05. The first-order valence-corrected chi connectivity index (χ1v) is 8.86. The summed E-state index contributed by atoms with van der Waals surface area (Å²) in [4.78, 5) is 12.6.